The number of non-ortho nitro benzene ring substituents is 1. The average Bonchev–Trinajstić information content (AvgIpc) is 2.74. The minimum atomic E-state index is -0.593. The lowest BCUT2D eigenvalue weighted by atomic mass is 10.1. The Morgan fingerprint density at radius 1 is 1.18 bits per heavy atom. The summed E-state index contributed by atoms with van der Waals surface area (Å²) in [6.07, 6.45) is 0. The fourth-order valence-electron chi connectivity index (χ4n) is 2.89. The van der Waals surface area contributed by atoms with Crippen LogP contribution in [-0.4, -0.2) is 50.2 Å². The third-order valence-corrected chi connectivity index (χ3v) is 4.35. The first-order valence-corrected chi connectivity index (χ1v) is 8.60. The Bertz CT molecular complexity index is 908. The second-order valence-electron chi connectivity index (χ2n) is 6.08. The van der Waals surface area contributed by atoms with Crippen LogP contribution in [0, 0.1) is 10.1 Å². The van der Waals surface area contributed by atoms with E-state index in [1.165, 1.54) is 31.4 Å². The van der Waals surface area contributed by atoms with Gasteiger partial charge in [0, 0.05) is 36.5 Å². The first-order valence-electron chi connectivity index (χ1n) is 8.60. The molecule has 0 unspecified atom stereocenters. The Hall–Kier alpha value is -3.46. The van der Waals surface area contributed by atoms with Gasteiger partial charge in [0.15, 0.2) is 0 Å². The maximum atomic E-state index is 12.5. The van der Waals surface area contributed by atoms with Gasteiger partial charge in [-0.2, -0.15) is 0 Å². The topological polar surface area (TPSA) is 111 Å². The van der Waals surface area contributed by atoms with Crippen LogP contribution in [0.2, 0.25) is 0 Å². The smallest absolute Gasteiger partial charge is 0.340 e. The summed E-state index contributed by atoms with van der Waals surface area (Å²) in [5.74, 6) is -1.16. The molecule has 0 aromatic heterocycles. The van der Waals surface area contributed by atoms with Crippen LogP contribution < -0.4 is 10.2 Å². The second kappa shape index (κ2) is 8.49. The van der Waals surface area contributed by atoms with Crippen molar-refractivity contribution < 1.29 is 24.0 Å². The molecule has 9 nitrogen and oxygen atoms in total. The lowest BCUT2D eigenvalue weighted by Crippen LogP contribution is -2.36. The lowest BCUT2D eigenvalue weighted by molar-refractivity contribution is -0.384. The summed E-state index contributed by atoms with van der Waals surface area (Å²) in [7, 11) is 1.26. The number of hydrogen-bond donors (Lipinski definition) is 1. The molecule has 1 heterocycles. The van der Waals surface area contributed by atoms with Gasteiger partial charge in [-0.1, -0.05) is 6.07 Å². The Morgan fingerprint density at radius 3 is 2.61 bits per heavy atom. The number of nitro groups is 1. The fourth-order valence-corrected chi connectivity index (χ4v) is 2.89. The van der Waals surface area contributed by atoms with Crippen LogP contribution >= 0.6 is 0 Å². The third kappa shape index (κ3) is 4.26. The van der Waals surface area contributed by atoms with E-state index in [4.69, 9.17) is 9.47 Å². The molecule has 1 amide bonds. The minimum absolute atomic E-state index is 0.113. The van der Waals surface area contributed by atoms with Crippen molar-refractivity contribution in [1.82, 2.24) is 0 Å². The molecule has 0 atom stereocenters. The van der Waals surface area contributed by atoms with E-state index < -0.39 is 16.8 Å². The molecular weight excluding hydrogens is 366 g/mol. The third-order valence-electron chi connectivity index (χ3n) is 4.35. The number of amides is 1. The van der Waals surface area contributed by atoms with E-state index in [2.05, 4.69) is 10.2 Å². The van der Waals surface area contributed by atoms with Crippen LogP contribution in [0.1, 0.15) is 20.7 Å². The molecule has 0 radical (unpaired) electrons. The number of benzene rings is 2. The van der Waals surface area contributed by atoms with Crippen LogP contribution in [0.3, 0.4) is 0 Å². The summed E-state index contributed by atoms with van der Waals surface area (Å²) in [5.41, 5.74) is 1.20. The van der Waals surface area contributed by atoms with Gasteiger partial charge in [-0.05, 0) is 24.3 Å². The number of morpholine rings is 1. The van der Waals surface area contributed by atoms with E-state index in [9.17, 15) is 19.7 Å². The number of methoxy groups -OCH3 is 1. The van der Waals surface area contributed by atoms with Gasteiger partial charge in [0.05, 0.1) is 36.5 Å². The predicted octanol–water partition coefficient (Wildman–Crippen LogP) is 2.47. The van der Waals surface area contributed by atoms with Gasteiger partial charge in [-0.25, -0.2) is 4.79 Å². The Kier molecular flexibility index (Phi) is 5.85. The monoisotopic (exact) mass is 385 g/mol. The quantitative estimate of drug-likeness (QED) is 0.478. The van der Waals surface area contributed by atoms with Crippen LogP contribution in [-0.2, 0) is 9.47 Å². The first kappa shape index (κ1) is 19.3. The second-order valence-corrected chi connectivity index (χ2v) is 6.08. The zero-order chi connectivity index (χ0) is 20.1. The fraction of sp³-hybridized carbons (Fsp3) is 0.263. The number of carbonyl (C=O) groups is 2. The van der Waals surface area contributed by atoms with Gasteiger partial charge in [-0.3, -0.25) is 14.9 Å². The van der Waals surface area contributed by atoms with Crippen molar-refractivity contribution in [3.63, 3.8) is 0 Å². The summed E-state index contributed by atoms with van der Waals surface area (Å²) >= 11 is 0. The Morgan fingerprint density at radius 2 is 1.93 bits per heavy atom. The van der Waals surface area contributed by atoms with E-state index in [-0.39, 0.29) is 22.5 Å². The maximum absolute atomic E-state index is 12.5. The van der Waals surface area contributed by atoms with Crippen LogP contribution in [0.25, 0.3) is 0 Å². The van der Waals surface area contributed by atoms with Crippen molar-refractivity contribution in [1.29, 1.82) is 0 Å². The number of carbonyl (C=O) groups excluding carboxylic acids is 2. The highest BCUT2D eigenvalue weighted by molar-refractivity contribution is 6.08. The highest BCUT2D eigenvalue weighted by Gasteiger charge is 2.19. The highest BCUT2D eigenvalue weighted by atomic mass is 16.6. The van der Waals surface area contributed by atoms with E-state index in [0.717, 1.165) is 5.69 Å². The van der Waals surface area contributed by atoms with E-state index in [1.807, 2.05) is 0 Å². The molecule has 2 aromatic rings. The standard InChI is InChI=1S/C19H19N3O6/c1-27-19(24)16-12-14(21-7-9-28-10-8-21)5-6-17(16)20-18(23)13-3-2-4-15(11-13)22(25)26/h2-6,11-12H,7-10H2,1H3,(H,20,23). The lowest BCUT2D eigenvalue weighted by Gasteiger charge is -2.29. The van der Waals surface area contributed by atoms with Gasteiger partial charge >= 0.3 is 5.97 Å². The van der Waals surface area contributed by atoms with E-state index >= 15 is 0 Å². The number of esters is 1. The molecule has 1 saturated heterocycles. The molecule has 0 saturated carbocycles. The molecule has 1 aliphatic rings. The molecule has 1 fully saturated rings. The van der Waals surface area contributed by atoms with Crippen LogP contribution in [0.4, 0.5) is 17.1 Å². The molecule has 28 heavy (non-hydrogen) atoms. The number of hydrogen-bond acceptors (Lipinski definition) is 7. The molecule has 9 heteroatoms. The van der Waals surface area contributed by atoms with Gasteiger partial charge in [0.25, 0.3) is 11.6 Å². The Balaban J connectivity index is 1.88. The number of nitrogens with one attached hydrogen (secondary N) is 1. The van der Waals surface area contributed by atoms with Crippen LogP contribution in [0.15, 0.2) is 42.5 Å². The number of rotatable bonds is 5. The maximum Gasteiger partial charge on any atom is 0.340 e. The minimum Gasteiger partial charge on any atom is -0.465 e. The average molecular weight is 385 g/mol. The molecule has 0 spiro atoms. The number of nitrogens with zero attached hydrogens (tertiary/aromatic N) is 2. The predicted molar refractivity (Wildman–Crippen MR) is 102 cm³/mol. The molecule has 0 aliphatic carbocycles. The van der Waals surface area contributed by atoms with Crippen molar-refractivity contribution in [2.75, 3.05) is 43.6 Å². The SMILES string of the molecule is COC(=O)c1cc(N2CCOCC2)ccc1NC(=O)c1cccc([N+](=O)[O-])c1. The molecule has 1 N–H and O–H groups in total. The molecule has 3 rings (SSSR count). The van der Waals surface area contributed by atoms with Crippen molar-refractivity contribution in [3.8, 4) is 0 Å². The molecule has 2 aromatic carbocycles. The van der Waals surface area contributed by atoms with Gasteiger partial charge in [0.2, 0.25) is 0 Å². The van der Waals surface area contributed by atoms with Crippen molar-refractivity contribution >= 4 is 28.9 Å². The first-order chi connectivity index (χ1) is 13.5. The zero-order valence-electron chi connectivity index (χ0n) is 15.2. The summed E-state index contributed by atoms with van der Waals surface area (Å²) in [5, 5.41) is 13.5. The largest absolute Gasteiger partial charge is 0.465 e. The van der Waals surface area contributed by atoms with E-state index in [0.29, 0.717) is 26.3 Å². The summed E-state index contributed by atoms with van der Waals surface area (Å²) in [6, 6.07) is 10.4. The molecule has 146 valence electrons. The Labute approximate surface area is 161 Å². The highest BCUT2D eigenvalue weighted by Crippen LogP contribution is 2.26. The summed E-state index contributed by atoms with van der Waals surface area (Å²) < 4.78 is 10.2. The van der Waals surface area contributed by atoms with Gasteiger partial charge < -0.3 is 19.7 Å². The number of ether oxygens (including phenoxy) is 2. The van der Waals surface area contributed by atoms with Crippen LogP contribution in [0.5, 0.6) is 0 Å². The molecular formula is C19H19N3O6. The molecule has 0 bridgehead atoms. The number of nitro benzene ring substituents is 1. The summed E-state index contributed by atoms with van der Waals surface area (Å²) in [4.78, 5) is 37.1. The van der Waals surface area contributed by atoms with E-state index in [1.54, 1.807) is 18.2 Å². The van der Waals surface area contributed by atoms with Crippen molar-refractivity contribution in [2.45, 2.75) is 0 Å². The summed E-state index contributed by atoms with van der Waals surface area (Å²) in [6.45, 7) is 2.58. The normalized spacial score (nSPS) is 13.7. The van der Waals surface area contributed by atoms with Crippen molar-refractivity contribution in [2.24, 2.45) is 0 Å². The van der Waals surface area contributed by atoms with Crippen molar-refractivity contribution in [3.05, 3.63) is 63.7 Å². The zero-order valence-corrected chi connectivity index (χ0v) is 15.2. The van der Waals surface area contributed by atoms with Gasteiger partial charge in [-0.15, -0.1) is 0 Å². The number of anilines is 2. The molecule has 1 aliphatic heterocycles. The van der Waals surface area contributed by atoms with Gasteiger partial charge in [0.1, 0.15) is 0 Å².